The monoisotopic (exact) mass is 329 g/mol. The zero-order valence-electron chi connectivity index (χ0n) is 11.9. The van der Waals surface area contributed by atoms with Crippen molar-refractivity contribution < 1.29 is 13.2 Å². The quantitative estimate of drug-likeness (QED) is 0.834. The topological polar surface area (TPSA) is 54.5 Å². The van der Waals surface area contributed by atoms with Crippen molar-refractivity contribution in [2.45, 2.75) is 31.4 Å². The van der Waals surface area contributed by atoms with Crippen molar-refractivity contribution in [3.8, 4) is 0 Å². The largest absolute Gasteiger partial charge is 0.343 e. The predicted octanol–water partition coefficient (Wildman–Crippen LogP) is 2.66. The minimum atomic E-state index is -3.27. The maximum Gasteiger partial charge on any atom is 0.223 e. The van der Waals surface area contributed by atoms with Gasteiger partial charge in [-0.2, -0.15) is 0 Å². The molecule has 0 N–H and O–H groups in total. The van der Waals surface area contributed by atoms with Gasteiger partial charge in [0.05, 0.1) is 11.5 Å². The van der Waals surface area contributed by atoms with Crippen LogP contribution in [0.1, 0.15) is 31.2 Å². The summed E-state index contributed by atoms with van der Waals surface area (Å²) in [5.74, 6) is -0.183. The Kier molecular flexibility index (Phi) is 5.65. The Hall–Kier alpha value is -1.07. The molecule has 1 saturated heterocycles. The minimum Gasteiger partial charge on any atom is -0.343 e. The van der Waals surface area contributed by atoms with E-state index in [1.165, 1.54) is 0 Å². The van der Waals surface area contributed by atoms with Crippen LogP contribution < -0.4 is 0 Å². The molecule has 6 heteroatoms. The van der Waals surface area contributed by atoms with E-state index in [1.54, 1.807) is 29.2 Å². The van der Waals surface area contributed by atoms with E-state index in [4.69, 9.17) is 11.6 Å². The highest BCUT2D eigenvalue weighted by Gasteiger charge is 2.20. The molecule has 1 aromatic carbocycles. The maximum absolute atomic E-state index is 12.1. The second kappa shape index (κ2) is 7.27. The van der Waals surface area contributed by atoms with E-state index >= 15 is 0 Å². The summed E-state index contributed by atoms with van der Waals surface area (Å²) in [6.45, 7) is 1.52. The molecule has 1 fully saturated rings. The Morgan fingerprint density at radius 3 is 2.33 bits per heavy atom. The van der Waals surface area contributed by atoms with Crippen LogP contribution in [0, 0.1) is 0 Å². The van der Waals surface area contributed by atoms with E-state index in [2.05, 4.69) is 0 Å². The number of carbonyl (C=O) groups excluding carboxylic acids is 1. The van der Waals surface area contributed by atoms with Crippen LogP contribution in [0.2, 0.25) is 5.02 Å². The van der Waals surface area contributed by atoms with Crippen LogP contribution in [0.15, 0.2) is 24.3 Å². The third-order valence-corrected chi connectivity index (χ3v) is 5.49. The molecule has 2 rings (SSSR count). The zero-order valence-corrected chi connectivity index (χ0v) is 13.5. The van der Waals surface area contributed by atoms with Gasteiger partial charge < -0.3 is 4.90 Å². The lowest BCUT2D eigenvalue weighted by Crippen LogP contribution is -2.36. The molecule has 0 atom stereocenters. The van der Waals surface area contributed by atoms with Crippen LogP contribution in [0.25, 0.3) is 0 Å². The van der Waals surface area contributed by atoms with Gasteiger partial charge in [-0.3, -0.25) is 4.79 Å². The summed E-state index contributed by atoms with van der Waals surface area (Å²) in [4.78, 5) is 13.8. The van der Waals surface area contributed by atoms with E-state index in [1.807, 2.05) is 0 Å². The van der Waals surface area contributed by atoms with Gasteiger partial charge >= 0.3 is 0 Å². The van der Waals surface area contributed by atoms with Gasteiger partial charge in [0.25, 0.3) is 0 Å². The first-order valence-electron chi connectivity index (χ1n) is 7.19. The first-order chi connectivity index (χ1) is 9.96. The summed E-state index contributed by atoms with van der Waals surface area (Å²) in [5, 5.41) is 0.580. The van der Waals surface area contributed by atoms with Crippen molar-refractivity contribution in [1.29, 1.82) is 0 Å². The van der Waals surface area contributed by atoms with E-state index in [9.17, 15) is 13.2 Å². The molecule has 4 nitrogen and oxygen atoms in total. The molecular weight excluding hydrogens is 310 g/mol. The van der Waals surface area contributed by atoms with Crippen molar-refractivity contribution in [2.75, 3.05) is 18.8 Å². The molecule has 0 saturated carbocycles. The van der Waals surface area contributed by atoms with Gasteiger partial charge in [-0.05, 0) is 37.0 Å². The maximum atomic E-state index is 12.1. The fourth-order valence-corrected chi connectivity index (χ4v) is 3.91. The first kappa shape index (κ1) is 16.3. The fourth-order valence-electron chi connectivity index (χ4n) is 2.45. The van der Waals surface area contributed by atoms with E-state index in [0.717, 1.165) is 32.4 Å². The predicted molar refractivity (Wildman–Crippen MR) is 84.0 cm³/mol. The molecule has 0 unspecified atom stereocenters. The van der Waals surface area contributed by atoms with Gasteiger partial charge in [0.1, 0.15) is 0 Å². The number of likely N-dealkylation sites (tertiary alicyclic amines) is 1. The highest BCUT2D eigenvalue weighted by atomic mass is 35.5. The van der Waals surface area contributed by atoms with Crippen LogP contribution in [-0.4, -0.2) is 38.1 Å². The molecule has 1 aliphatic rings. The fraction of sp³-hybridized carbons (Fsp3) is 0.533. The van der Waals surface area contributed by atoms with Gasteiger partial charge in [-0.25, -0.2) is 8.42 Å². The van der Waals surface area contributed by atoms with Gasteiger partial charge in [-0.15, -0.1) is 0 Å². The molecule has 1 aromatic rings. The molecule has 0 radical (unpaired) electrons. The molecule has 116 valence electrons. The lowest BCUT2D eigenvalue weighted by Gasteiger charge is -2.26. The third-order valence-electron chi connectivity index (χ3n) is 3.64. The molecule has 1 aliphatic heterocycles. The number of hydrogen-bond donors (Lipinski definition) is 0. The highest BCUT2D eigenvalue weighted by Crippen LogP contribution is 2.14. The average molecular weight is 330 g/mol. The smallest absolute Gasteiger partial charge is 0.223 e. The molecule has 21 heavy (non-hydrogen) atoms. The summed E-state index contributed by atoms with van der Waals surface area (Å²) in [6.07, 6.45) is 3.26. The number of hydrogen-bond acceptors (Lipinski definition) is 3. The van der Waals surface area contributed by atoms with Crippen molar-refractivity contribution >= 4 is 27.3 Å². The normalized spacial score (nSPS) is 16.0. The number of carbonyl (C=O) groups is 1. The molecule has 0 spiro atoms. The molecule has 0 aliphatic carbocycles. The van der Waals surface area contributed by atoms with Crippen LogP contribution in [0.4, 0.5) is 0 Å². The SMILES string of the molecule is O=C(CCS(=O)(=O)Cc1ccc(Cl)cc1)N1CCCCC1. The summed E-state index contributed by atoms with van der Waals surface area (Å²) in [6, 6.07) is 6.75. The molecule has 0 aromatic heterocycles. The Labute approximate surface area is 131 Å². The highest BCUT2D eigenvalue weighted by molar-refractivity contribution is 7.90. The molecular formula is C15H20ClNO3S. The van der Waals surface area contributed by atoms with E-state index in [-0.39, 0.29) is 23.8 Å². The number of benzene rings is 1. The molecule has 1 amide bonds. The Bertz CT molecular complexity index is 577. The van der Waals surface area contributed by atoms with Gasteiger partial charge in [0, 0.05) is 24.5 Å². The van der Waals surface area contributed by atoms with Gasteiger partial charge in [0.15, 0.2) is 9.84 Å². The number of nitrogens with zero attached hydrogens (tertiary/aromatic N) is 1. The first-order valence-corrected chi connectivity index (χ1v) is 9.39. The van der Waals surface area contributed by atoms with Gasteiger partial charge in [0.2, 0.25) is 5.91 Å². The second-order valence-corrected chi connectivity index (χ2v) is 8.03. The Morgan fingerprint density at radius 1 is 1.10 bits per heavy atom. The second-order valence-electron chi connectivity index (χ2n) is 5.41. The van der Waals surface area contributed by atoms with Gasteiger partial charge in [-0.1, -0.05) is 23.7 Å². The number of halogens is 1. The van der Waals surface area contributed by atoms with Crippen molar-refractivity contribution in [3.05, 3.63) is 34.9 Å². The van der Waals surface area contributed by atoms with Crippen molar-refractivity contribution in [1.82, 2.24) is 4.90 Å². The van der Waals surface area contributed by atoms with Crippen LogP contribution >= 0.6 is 11.6 Å². The van der Waals surface area contributed by atoms with Crippen LogP contribution in [-0.2, 0) is 20.4 Å². The van der Waals surface area contributed by atoms with E-state index in [0.29, 0.717) is 10.6 Å². The molecule has 0 bridgehead atoms. The van der Waals surface area contributed by atoms with Crippen LogP contribution in [0.3, 0.4) is 0 Å². The Balaban J connectivity index is 1.85. The number of piperidine rings is 1. The standard InChI is InChI=1S/C15H20ClNO3S/c16-14-6-4-13(5-7-14)12-21(19,20)11-8-15(18)17-9-2-1-3-10-17/h4-7H,1-3,8-12H2. The molecule has 1 heterocycles. The summed E-state index contributed by atoms with van der Waals surface area (Å²) >= 11 is 5.77. The Morgan fingerprint density at radius 2 is 1.71 bits per heavy atom. The zero-order chi connectivity index (χ0) is 15.3. The average Bonchev–Trinajstić information content (AvgIpc) is 2.48. The van der Waals surface area contributed by atoms with Crippen molar-refractivity contribution in [2.24, 2.45) is 0 Å². The lowest BCUT2D eigenvalue weighted by molar-refractivity contribution is -0.131. The van der Waals surface area contributed by atoms with E-state index < -0.39 is 9.84 Å². The minimum absolute atomic E-state index is 0.0442. The van der Waals surface area contributed by atoms with Crippen LogP contribution in [0.5, 0.6) is 0 Å². The number of amides is 1. The van der Waals surface area contributed by atoms with Crippen molar-refractivity contribution in [3.63, 3.8) is 0 Å². The number of rotatable bonds is 5. The summed E-state index contributed by atoms with van der Waals surface area (Å²) < 4.78 is 24.1. The lowest BCUT2D eigenvalue weighted by atomic mass is 10.1. The third kappa shape index (κ3) is 5.32. The summed E-state index contributed by atoms with van der Waals surface area (Å²) in [7, 11) is -3.27. The number of sulfone groups is 1. The summed E-state index contributed by atoms with van der Waals surface area (Å²) in [5.41, 5.74) is 0.699.